The van der Waals surface area contributed by atoms with Crippen LogP contribution in [-0.2, 0) is 9.53 Å². The van der Waals surface area contributed by atoms with Crippen molar-refractivity contribution in [3.8, 4) is 0 Å². The second-order valence-electron chi connectivity index (χ2n) is 6.95. The second kappa shape index (κ2) is 13.6. The molecule has 158 valence electrons. The minimum absolute atomic E-state index is 0. The highest BCUT2D eigenvalue weighted by Gasteiger charge is 2.14. The van der Waals surface area contributed by atoms with Crippen LogP contribution in [0.5, 0.6) is 0 Å². The number of hydrogen-bond donors (Lipinski definition) is 2. The van der Waals surface area contributed by atoms with Gasteiger partial charge in [-0.1, -0.05) is 12.1 Å². The number of rotatable bonds is 9. The van der Waals surface area contributed by atoms with Crippen molar-refractivity contribution in [3.63, 3.8) is 0 Å². The maximum Gasteiger partial charge on any atom is 0.305 e. The van der Waals surface area contributed by atoms with Crippen LogP contribution in [0.15, 0.2) is 29.3 Å². The minimum atomic E-state index is -0.157. The SMILES string of the molecule is CCNC(=NCCCCC(=O)OC)NC(C)c1cccc(N2CCCC2)c1.I. The first-order valence-electron chi connectivity index (χ1n) is 10.1. The molecule has 1 aromatic carbocycles. The fourth-order valence-electron chi connectivity index (χ4n) is 3.25. The summed E-state index contributed by atoms with van der Waals surface area (Å²) < 4.78 is 4.66. The molecule has 7 heteroatoms. The van der Waals surface area contributed by atoms with E-state index in [1.54, 1.807) is 0 Å². The molecule has 0 saturated carbocycles. The van der Waals surface area contributed by atoms with Crippen molar-refractivity contribution in [1.82, 2.24) is 10.6 Å². The number of nitrogens with zero attached hydrogens (tertiary/aromatic N) is 2. The van der Waals surface area contributed by atoms with E-state index in [4.69, 9.17) is 0 Å². The number of guanidine groups is 1. The molecule has 28 heavy (non-hydrogen) atoms. The summed E-state index contributed by atoms with van der Waals surface area (Å²) >= 11 is 0. The normalized spacial score (nSPS) is 15.0. The van der Waals surface area contributed by atoms with E-state index in [1.807, 2.05) is 0 Å². The van der Waals surface area contributed by atoms with E-state index in [9.17, 15) is 4.79 Å². The molecule has 1 fully saturated rings. The van der Waals surface area contributed by atoms with E-state index in [0.717, 1.165) is 38.4 Å². The third kappa shape index (κ3) is 8.24. The van der Waals surface area contributed by atoms with E-state index in [-0.39, 0.29) is 36.0 Å². The molecule has 0 spiro atoms. The third-order valence-corrected chi connectivity index (χ3v) is 4.83. The number of hydrogen-bond acceptors (Lipinski definition) is 4. The predicted molar refractivity (Wildman–Crippen MR) is 127 cm³/mol. The van der Waals surface area contributed by atoms with Gasteiger partial charge in [-0.25, -0.2) is 0 Å². The number of halogens is 1. The molecule has 6 nitrogen and oxygen atoms in total. The molecule has 0 bridgehead atoms. The number of benzene rings is 1. The van der Waals surface area contributed by atoms with E-state index in [1.165, 1.54) is 31.2 Å². The Kier molecular flexibility index (Phi) is 11.9. The van der Waals surface area contributed by atoms with Crippen molar-refractivity contribution in [3.05, 3.63) is 29.8 Å². The highest BCUT2D eigenvalue weighted by Crippen LogP contribution is 2.23. The van der Waals surface area contributed by atoms with Gasteiger partial charge in [-0.3, -0.25) is 9.79 Å². The van der Waals surface area contributed by atoms with Gasteiger partial charge in [0, 0.05) is 38.3 Å². The van der Waals surface area contributed by atoms with Gasteiger partial charge in [0.25, 0.3) is 0 Å². The lowest BCUT2D eigenvalue weighted by atomic mass is 10.1. The van der Waals surface area contributed by atoms with Gasteiger partial charge in [0.2, 0.25) is 0 Å². The number of carbonyl (C=O) groups excluding carboxylic acids is 1. The van der Waals surface area contributed by atoms with Crippen molar-refractivity contribution in [2.24, 2.45) is 4.99 Å². The van der Waals surface area contributed by atoms with Crippen molar-refractivity contribution in [1.29, 1.82) is 0 Å². The Morgan fingerprint density at radius 1 is 1.29 bits per heavy atom. The van der Waals surface area contributed by atoms with Crippen LogP contribution in [0.25, 0.3) is 0 Å². The van der Waals surface area contributed by atoms with Crippen LogP contribution >= 0.6 is 24.0 Å². The average molecular weight is 502 g/mol. The van der Waals surface area contributed by atoms with Gasteiger partial charge in [0.05, 0.1) is 13.2 Å². The lowest BCUT2D eigenvalue weighted by Crippen LogP contribution is -2.38. The fraction of sp³-hybridized carbons (Fsp3) is 0.619. The van der Waals surface area contributed by atoms with Crippen molar-refractivity contribution >= 4 is 41.6 Å². The number of unbranched alkanes of at least 4 members (excludes halogenated alkanes) is 1. The Balaban J connectivity index is 0.00000392. The maximum atomic E-state index is 11.2. The Labute approximate surface area is 186 Å². The smallest absolute Gasteiger partial charge is 0.305 e. The molecule has 2 rings (SSSR count). The number of ether oxygens (including phenoxy) is 1. The summed E-state index contributed by atoms with van der Waals surface area (Å²) in [5, 5.41) is 6.79. The summed E-state index contributed by atoms with van der Waals surface area (Å²) in [6.07, 6.45) is 4.68. The third-order valence-electron chi connectivity index (χ3n) is 4.83. The second-order valence-corrected chi connectivity index (χ2v) is 6.95. The number of carbonyl (C=O) groups is 1. The van der Waals surface area contributed by atoms with Gasteiger partial charge in [-0.05, 0) is 57.2 Å². The minimum Gasteiger partial charge on any atom is -0.469 e. The van der Waals surface area contributed by atoms with Gasteiger partial charge in [0.15, 0.2) is 5.96 Å². The Morgan fingerprint density at radius 3 is 2.71 bits per heavy atom. The highest BCUT2D eigenvalue weighted by atomic mass is 127. The molecular formula is C21H35IN4O2. The van der Waals surface area contributed by atoms with E-state index in [2.05, 4.69) is 63.4 Å². The van der Waals surface area contributed by atoms with Crippen molar-refractivity contribution in [2.75, 3.05) is 38.2 Å². The summed E-state index contributed by atoms with van der Waals surface area (Å²) in [5.41, 5.74) is 2.57. The zero-order valence-electron chi connectivity index (χ0n) is 17.4. The molecule has 1 aliphatic heterocycles. The Hall–Kier alpha value is -1.51. The number of anilines is 1. The van der Waals surface area contributed by atoms with Gasteiger partial charge >= 0.3 is 5.97 Å². The summed E-state index contributed by atoms with van der Waals surface area (Å²) in [6, 6.07) is 8.95. The van der Waals surface area contributed by atoms with Crippen LogP contribution in [0, 0.1) is 0 Å². The van der Waals surface area contributed by atoms with Crippen molar-refractivity contribution in [2.45, 2.75) is 52.0 Å². The molecule has 1 heterocycles. The lowest BCUT2D eigenvalue weighted by Gasteiger charge is -2.22. The standard InChI is InChI=1S/C21H34N4O2.HI/c1-4-22-21(23-13-6-5-12-20(26)27-3)24-17(2)18-10-9-11-19(16-18)25-14-7-8-15-25;/h9-11,16-17H,4-8,12-15H2,1-3H3,(H2,22,23,24);1H. The van der Waals surface area contributed by atoms with E-state index >= 15 is 0 Å². The molecule has 1 aromatic rings. The van der Waals surface area contributed by atoms with Crippen LogP contribution in [0.3, 0.4) is 0 Å². The van der Waals surface area contributed by atoms with E-state index < -0.39 is 0 Å². The molecule has 1 aliphatic rings. The summed E-state index contributed by atoms with van der Waals surface area (Å²) in [4.78, 5) is 18.2. The Bertz CT molecular complexity index is 618. The zero-order valence-corrected chi connectivity index (χ0v) is 19.7. The zero-order chi connectivity index (χ0) is 19.5. The largest absolute Gasteiger partial charge is 0.469 e. The summed E-state index contributed by atoms with van der Waals surface area (Å²) in [7, 11) is 1.42. The molecule has 1 unspecified atom stereocenters. The first kappa shape index (κ1) is 24.5. The van der Waals surface area contributed by atoms with Crippen LogP contribution in [0.4, 0.5) is 5.69 Å². The van der Waals surface area contributed by atoms with Gasteiger partial charge in [-0.2, -0.15) is 0 Å². The van der Waals surface area contributed by atoms with Crippen LogP contribution in [0.2, 0.25) is 0 Å². The first-order valence-corrected chi connectivity index (χ1v) is 10.1. The summed E-state index contributed by atoms with van der Waals surface area (Å²) in [5.74, 6) is 0.658. The molecule has 0 radical (unpaired) electrons. The molecule has 2 N–H and O–H groups in total. The van der Waals surface area contributed by atoms with Gasteiger partial charge in [0.1, 0.15) is 0 Å². The number of methoxy groups -OCH3 is 1. The predicted octanol–water partition coefficient (Wildman–Crippen LogP) is 3.86. The summed E-state index contributed by atoms with van der Waals surface area (Å²) in [6.45, 7) is 8.03. The van der Waals surface area contributed by atoms with Crippen LogP contribution in [0.1, 0.15) is 57.6 Å². The fourth-order valence-corrected chi connectivity index (χ4v) is 3.25. The van der Waals surface area contributed by atoms with Gasteiger partial charge < -0.3 is 20.3 Å². The molecular weight excluding hydrogens is 467 g/mol. The first-order chi connectivity index (χ1) is 13.1. The number of esters is 1. The topological polar surface area (TPSA) is 66.0 Å². The Morgan fingerprint density at radius 2 is 2.04 bits per heavy atom. The lowest BCUT2D eigenvalue weighted by molar-refractivity contribution is -0.140. The van der Waals surface area contributed by atoms with Crippen molar-refractivity contribution < 1.29 is 9.53 Å². The number of nitrogens with one attached hydrogen (secondary N) is 2. The van der Waals surface area contributed by atoms with Gasteiger partial charge in [-0.15, -0.1) is 24.0 Å². The van der Waals surface area contributed by atoms with E-state index in [0.29, 0.717) is 13.0 Å². The highest BCUT2D eigenvalue weighted by molar-refractivity contribution is 14.0. The maximum absolute atomic E-state index is 11.2. The monoisotopic (exact) mass is 502 g/mol. The molecule has 1 saturated heterocycles. The van der Waals surface area contributed by atoms with Crippen LogP contribution < -0.4 is 15.5 Å². The quantitative estimate of drug-likeness (QED) is 0.177. The van der Waals surface area contributed by atoms with Crippen LogP contribution in [-0.4, -0.2) is 45.2 Å². The molecule has 0 aliphatic carbocycles. The number of aliphatic imine (C=N–C) groups is 1. The molecule has 0 aromatic heterocycles. The average Bonchev–Trinajstić information content (AvgIpc) is 3.22. The molecule has 1 atom stereocenters. The molecule has 0 amide bonds.